The number of rotatable bonds is 8. The van der Waals surface area contributed by atoms with Crippen LogP contribution in [0.25, 0.3) is 0 Å². The van der Waals surface area contributed by atoms with E-state index in [9.17, 15) is 4.79 Å². The molecule has 0 atom stereocenters. The molecular formula is C18H29N3O4. The van der Waals surface area contributed by atoms with E-state index in [0.29, 0.717) is 19.6 Å². The van der Waals surface area contributed by atoms with Gasteiger partial charge >= 0.3 is 6.03 Å². The highest BCUT2D eigenvalue weighted by Crippen LogP contribution is 2.25. The van der Waals surface area contributed by atoms with Crippen LogP contribution in [0.15, 0.2) is 18.2 Å². The van der Waals surface area contributed by atoms with E-state index in [1.54, 1.807) is 14.2 Å². The zero-order valence-electron chi connectivity index (χ0n) is 15.4. The number of hydrogen-bond donors (Lipinski definition) is 1. The number of carbonyl (C=O) groups excluding carboxylic acids is 1. The summed E-state index contributed by atoms with van der Waals surface area (Å²) in [5.41, 5.74) is 0.926. The van der Waals surface area contributed by atoms with Crippen LogP contribution in [0.4, 0.5) is 4.79 Å². The molecule has 1 N–H and O–H groups in total. The zero-order valence-corrected chi connectivity index (χ0v) is 15.4. The second-order valence-corrected chi connectivity index (χ2v) is 5.89. The Bertz CT molecular complexity index is 547. The average molecular weight is 351 g/mol. The van der Waals surface area contributed by atoms with Crippen molar-refractivity contribution in [2.24, 2.45) is 0 Å². The molecule has 0 aliphatic carbocycles. The standard InChI is InChI=1S/C18H29N3O4/c1-4-19-18(22)21(8-7-20-9-11-25-12-10-20)14-15-13-16(23-2)5-6-17(15)24-3/h5-6,13H,4,7-12,14H2,1-3H3,(H,19,22). The number of morpholine rings is 1. The molecule has 1 aliphatic rings. The van der Waals surface area contributed by atoms with Crippen molar-refractivity contribution in [1.29, 1.82) is 0 Å². The van der Waals surface area contributed by atoms with Gasteiger partial charge in [-0.3, -0.25) is 4.90 Å². The maximum absolute atomic E-state index is 12.5. The van der Waals surface area contributed by atoms with E-state index in [0.717, 1.165) is 49.9 Å². The number of benzene rings is 1. The third-order valence-electron chi connectivity index (χ3n) is 4.25. The van der Waals surface area contributed by atoms with Gasteiger partial charge in [-0.05, 0) is 25.1 Å². The van der Waals surface area contributed by atoms with E-state index in [1.807, 2.05) is 30.0 Å². The number of methoxy groups -OCH3 is 2. The SMILES string of the molecule is CCNC(=O)N(CCN1CCOCC1)Cc1cc(OC)ccc1OC. The summed E-state index contributed by atoms with van der Waals surface area (Å²) in [6.45, 7) is 7.79. The third kappa shape index (κ3) is 5.79. The predicted octanol–water partition coefficient (Wildman–Crippen LogP) is 1.57. The predicted molar refractivity (Wildman–Crippen MR) is 96.3 cm³/mol. The van der Waals surface area contributed by atoms with E-state index in [-0.39, 0.29) is 6.03 Å². The summed E-state index contributed by atoms with van der Waals surface area (Å²) < 4.78 is 16.1. The molecule has 140 valence electrons. The number of carbonyl (C=O) groups is 1. The number of hydrogen-bond acceptors (Lipinski definition) is 5. The summed E-state index contributed by atoms with van der Waals surface area (Å²) in [6.07, 6.45) is 0. The van der Waals surface area contributed by atoms with Gasteiger partial charge in [0.1, 0.15) is 11.5 Å². The van der Waals surface area contributed by atoms with Crippen LogP contribution in [0, 0.1) is 0 Å². The first-order valence-electron chi connectivity index (χ1n) is 8.71. The van der Waals surface area contributed by atoms with Crippen LogP contribution in [0.5, 0.6) is 11.5 Å². The first-order chi connectivity index (χ1) is 12.2. The highest BCUT2D eigenvalue weighted by molar-refractivity contribution is 5.74. The fourth-order valence-corrected chi connectivity index (χ4v) is 2.81. The van der Waals surface area contributed by atoms with Crippen molar-refractivity contribution < 1.29 is 19.0 Å². The van der Waals surface area contributed by atoms with Gasteiger partial charge in [0, 0.05) is 38.3 Å². The Balaban J connectivity index is 2.08. The molecule has 0 radical (unpaired) electrons. The van der Waals surface area contributed by atoms with Crippen LogP contribution in [-0.4, -0.2) is 76.0 Å². The Morgan fingerprint density at radius 1 is 1.28 bits per heavy atom. The number of urea groups is 1. The van der Waals surface area contributed by atoms with Crippen LogP contribution in [0.1, 0.15) is 12.5 Å². The van der Waals surface area contributed by atoms with Gasteiger partial charge in [0.25, 0.3) is 0 Å². The van der Waals surface area contributed by atoms with Crippen LogP contribution in [0.3, 0.4) is 0 Å². The highest BCUT2D eigenvalue weighted by Gasteiger charge is 2.18. The maximum Gasteiger partial charge on any atom is 0.317 e. The van der Waals surface area contributed by atoms with Crippen LogP contribution < -0.4 is 14.8 Å². The Morgan fingerprint density at radius 3 is 2.68 bits per heavy atom. The second kappa shape index (κ2) is 10.1. The maximum atomic E-state index is 12.5. The molecule has 2 amide bonds. The van der Waals surface area contributed by atoms with Gasteiger partial charge in [0.05, 0.1) is 34.0 Å². The quantitative estimate of drug-likeness (QED) is 0.770. The lowest BCUT2D eigenvalue weighted by molar-refractivity contribution is 0.0346. The molecule has 7 nitrogen and oxygen atoms in total. The molecule has 1 fully saturated rings. The van der Waals surface area contributed by atoms with Crippen LogP contribution in [-0.2, 0) is 11.3 Å². The molecule has 7 heteroatoms. The first-order valence-corrected chi connectivity index (χ1v) is 8.71. The summed E-state index contributed by atoms with van der Waals surface area (Å²) in [6, 6.07) is 5.57. The third-order valence-corrected chi connectivity index (χ3v) is 4.25. The van der Waals surface area contributed by atoms with Gasteiger partial charge in [0.15, 0.2) is 0 Å². The van der Waals surface area contributed by atoms with Gasteiger partial charge in [-0.2, -0.15) is 0 Å². The summed E-state index contributed by atoms with van der Waals surface area (Å²) in [7, 11) is 3.26. The molecule has 0 aromatic heterocycles. The van der Waals surface area contributed by atoms with E-state index in [4.69, 9.17) is 14.2 Å². The molecule has 0 spiro atoms. The van der Waals surface area contributed by atoms with Crippen molar-refractivity contribution in [2.75, 3.05) is 60.2 Å². The topological polar surface area (TPSA) is 63.3 Å². The monoisotopic (exact) mass is 351 g/mol. The largest absolute Gasteiger partial charge is 0.497 e. The number of ether oxygens (including phenoxy) is 3. The van der Waals surface area contributed by atoms with Crippen molar-refractivity contribution in [1.82, 2.24) is 15.1 Å². The molecule has 25 heavy (non-hydrogen) atoms. The minimum Gasteiger partial charge on any atom is -0.497 e. The lowest BCUT2D eigenvalue weighted by atomic mass is 10.1. The fraction of sp³-hybridized carbons (Fsp3) is 0.611. The van der Waals surface area contributed by atoms with Crippen LogP contribution >= 0.6 is 0 Å². The normalized spacial score (nSPS) is 14.8. The Morgan fingerprint density at radius 2 is 2.04 bits per heavy atom. The Labute approximate surface area is 149 Å². The minimum absolute atomic E-state index is 0.0689. The molecule has 1 heterocycles. The van der Waals surface area contributed by atoms with Crippen molar-refractivity contribution in [2.45, 2.75) is 13.5 Å². The average Bonchev–Trinajstić information content (AvgIpc) is 2.65. The Kier molecular flexibility index (Phi) is 7.81. The van der Waals surface area contributed by atoms with E-state index < -0.39 is 0 Å². The molecule has 1 saturated heterocycles. The molecule has 1 aromatic carbocycles. The molecular weight excluding hydrogens is 322 g/mol. The molecule has 1 aliphatic heterocycles. The van der Waals surface area contributed by atoms with Gasteiger partial charge in [-0.1, -0.05) is 0 Å². The van der Waals surface area contributed by atoms with E-state index in [2.05, 4.69) is 10.2 Å². The van der Waals surface area contributed by atoms with Crippen molar-refractivity contribution in [3.05, 3.63) is 23.8 Å². The zero-order chi connectivity index (χ0) is 18.1. The van der Waals surface area contributed by atoms with Gasteiger partial charge in [0.2, 0.25) is 0 Å². The molecule has 0 saturated carbocycles. The van der Waals surface area contributed by atoms with E-state index in [1.165, 1.54) is 0 Å². The summed E-state index contributed by atoms with van der Waals surface area (Å²) in [5.74, 6) is 1.50. The van der Waals surface area contributed by atoms with Gasteiger partial charge in [-0.15, -0.1) is 0 Å². The van der Waals surface area contributed by atoms with Gasteiger partial charge < -0.3 is 24.4 Å². The van der Waals surface area contributed by atoms with E-state index >= 15 is 0 Å². The number of nitrogens with zero attached hydrogens (tertiary/aromatic N) is 2. The molecule has 2 rings (SSSR count). The van der Waals surface area contributed by atoms with Gasteiger partial charge in [-0.25, -0.2) is 4.79 Å². The summed E-state index contributed by atoms with van der Waals surface area (Å²) >= 11 is 0. The molecule has 0 bridgehead atoms. The number of amides is 2. The Hall–Kier alpha value is -1.99. The molecule has 0 unspecified atom stereocenters. The highest BCUT2D eigenvalue weighted by atomic mass is 16.5. The lowest BCUT2D eigenvalue weighted by Crippen LogP contribution is -2.45. The van der Waals surface area contributed by atoms with Crippen LogP contribution in [0.2, 0.25) is 0 Å². The second-order valence-electron chi connectivity index (χ2n) is 5.89. The van der Waals surface area contributed by atoms with Crippen molar-refractivity contribution >= 4 is 6.03 Å². The first kappa shape index (κ1) is 19.3. The molecule has 1 aromatic rings. The van der Waals surface area contributed by atoms with Crippen molar-refractivity contribution in [3.63, 3.8) is 0 Å². The fourth-order valence-electron chi connectivity index (χ4n) is 2.81. The summed E-state index contributed by atoms with van der Waals surface area (Å²) in [5, 5.41) is 2.89. The number of nitrogens with one attached hydrogen (secondary N) is 1. The van der Waals surface area contributed by atoms with Crippen molar-refractivity contribution in [3.8, 4) is 11.5 Å². The minimum atomic E-state index is -0.0689. The lowest BCUT2D eigenvalue weighted by Gasteiger charge is -2.30. The summed E-state index contributed by atoms with van der Waals surface area (Å²) in [4.78, 5) is 16.6. The smallest absolute Gasteiger partial charge is 0.317 e.